The second-order valence-electron chi connectivity index (χ2n) is 5.01. The van der Waals surface area contributed by atoms with Crippen LogP contribution in [-0.2, 0) is 0 Å². The highest BCUT2D eigenvalue weighted by Gasteiger charge is 2.28. The van der Waals surface area contributed by atoms with E-state index in [1.165, 1.54) is 17.5 Å². The molecule has 1 aromatic rings. The fraction of sp³-hybridized carbons (Fsp3) is 0.571. The summed E-state index contributed by atoms with van der Waals surface area (Å²) in [5, 5.41) is 3.52. The van der Waals surface area contributed by atoms with E-state index >= 15 is 0 Å². The van der Waals surface area contributed by atoms with Gasteiger partial charge in [0.15, 0.2) is 0 Å². The van der Waals surface area contributed by atoms with Gasteiger partial charge in [-0.3, -0.25) is 0 Å². The highest BCUT2D eigenvalue weighted by atomic mass is 16.5. The van der Waals surface area contributed by atoms with Gasteiger partial charge in [-0.1, -0.05) is 26.0 Å². The van der Waals surface area contributed by atoms with Crippen molar-refractivity contribution in [2.24, 2.45) is 0 Å². The van der Waals surface area contributed by atoms with Gasteiger partial charge in [0, 0.05) is 17.6 Å². The molecule has 0 bridgehead atoms. The van der Waals surface area contributed by atoms with Gasteiger partial charge in [0.05, 0.1) is 7.11 Å². The molecule has 1 N–H and O–H groups in total. The molecule has 0 spiro atoms. The largest absolute Gasteiger partial charge is 0.496 e. The Balaban J connectivity index is 2.29. The maximum Gasteiger partial charge on any atom is 0.123 e. The summed E-state index contributed by atoms with van der Waals surface area (Å²) in [7, 11) is 1.75. The predicted octanol–water partition coefficient (Wildman–Crippen LogP) is 3.24. The van der Waals surface area contributed by atoms with Gasteiger partial charge in [-0.2, -0.15) is 0 Å². The molecule has 1 aromatic carbocycles. The minimum atomic E-state index is 0.476. The molecule has 0 aromatic heterocycles. The highest BCUT2D eigenvalue weighted by molar-refractivity contribution is 5.41. The lowest BCUT2D eigenvalue weighted by Gasteiger charge is -2.36. The first-order valence-corrected chi connectivity index (χ1v) is 6.05. The van der Waals surface area contributed by atoms with Crippen molar-refractivity contribution < 1.29 is 4.74 Å². The van der Waals surface area contributed by atoms with Crippen LogP contribution < -0.4 is 10.1 Å². The first kappa shape index (κ1) is 11.5. The summed E-state index contributed by atoms with van der Waals surface area (Å²) in [5.41, 5.74) is 2.70. The van der Waals surface area contributed by atoms with Gasteiger partial charge >= 0.3 is 0 Å². The molecule has 2 unspecified atom stereocenters. The van der Waals surface area contributed by atoms with Gasteiger partial charge in [-0.05, 0) is 30.9 Å². The van der Waals surface area contributed by atoms with E-state index in [9.17, 15) is 0 Å². The first-order valence-electron chi connectivity index (χ1n) is 6.05. The third-order valence-electron chi connectivity index (χ3n) is 3.37. The standard InChI is InChI=1S/C14H21NO/c1-9(2)11-5-6-14(16-4)12(8-11)13-7-10(3)15-13/h5-6,8-10,13,15H,7H2,1-4H3. The molecule has 0 saturated carbocycles. The van der Waals surface area contributed by atoms with Gasteiger partial charge in [-0.15, -0.1) is 0 Å². The normalized spacial score (nSPS) is 24.3. The van der Waals surface area contributed by atoms with Gasteiger partial charge in [0.25, 0.3) is 0 Å². The lowest BCUT2D eigenvalue weighted by molar-refractivity contribution is 0.278. The second-order valence-corrected chi connectivity index (χ2v) is 5.01. The maximum absolute atomic E-state index is 5.43. The molecule has 1 saturated heterocycles. The average Bonchev–Trinajstić information content (AvgIpc) is 2.24. The summed E-state index contributed by atoms with van der Waals surface area (Å²) in [6.07, 6.45) is 1.21. The Labute approximate surface area is 98.0 Å². The Hall–Kier alpha value is -1.02. The number of methoxy groups -OCH3 is 1. The third-order valence-corrected chi connectivity index (χ3v) is 3.37. The van der Waals surface area contributed by atoms with E-state index < -0.39 is 0 Å². The van der Waals surface area contributed by atoms with Crippen molar-refractivity contribution in [1.29, 1.82) is 0 Å². The number of nitrogens with one attached hydrogen (secondary N) is 1. The van der Waals surface area contributed by atoms with Crippen LogP contribution in [0.25, 0.3) is 0 Å². The summed E-state index contributed by atoms with van der Waals surface area (Å²) in [6.45, 7) is 6.67. The smallest absolute Gasteiger partial charge is 0.123 e. The van der Waals surface area contributed by atoms with Crippen molar-refractivity contribution in [2.45, 2.75) is 45.2 Å². The van der Waals surface area contributed by atoms with Gasteiger partial charge < -0.3 is 10.1 Å². The van der Waals surface area contributed by atoms with Crippen molar-refractivity contribution in [2.75, 3.05) is 7.11 Å². The van der Waals surface area contributed by atoms with E-state index in [4.69, 9.17) is 4.74 Å². The first-order chi connectivity index (χ1) is 7.61. The molecule has 2 rings (SSSR count). The number of rotatable bonds is 3. The van der Waals surface area contributed by atoms with Crippen LogP contribution in [0.4, 0.5) is 0 Å². The number of hydrogen-bond donors (Lipinski definition) is 1. The summed E-state index contributed by atoms with van der Waals surface area (Å²) in [5.74, 6) is 1.58. The van der Waals surface area contributed by atoms with E-state index in [1.807, 2.05) is 0 Å². The van der Waals surface area contributed by atoms with Crippen LogP contribution in [0.3, 0.4) is 0 Å². The lowest BCUT2D eigenvalue weighted by atomic mass is 9.89. The third kappa shape index (κ3) is 2.07. The predicted molar refractivity (Wildman–Crippen MR) is 67.0 cm³/mol. The number of ether oxygens (including phenoxy) is 1. The monoisotopic (exact) mass is 219 g/mol. The van der Waals surface area contributed by atoms with Gasteiger partial charge in [0.1, 0.15) is 5.75 Å². The van der Waals surface area contributed by atoms with Crippen molar-refractivity contribution in [1.82, 2.24) is 5.32 Å². The summed E-state index contributed by atoms with van der Waals surface area (Å²) < 4.78 is 5.43. The molecular formula is C14H21NO. The van der Waals surface area contributed by atoms with Crippen molar-refractivity contribution >= 4 is 0 Å². The average molecular weight is 219 g/mol. The molecule has 1 aliphatic rings. The van der Waals surface area contributed by atoms with Crippen molar-refractivity contribution in [3.63, 3.8) is 0 Å². The van der Waals surface area contributed by atoms with Crippen LogP contribution in [0.15, 0.2) is 18.2 Å². The van der Waals surface area contributed by atoms with Gasteiger partial charge in [0.2, 0.25) is 0 Å². The van der Waals surface area contributed by atoms with Crippen LogP contribution in [0, 0.1) is 0 Å². The van der Waals surface area contributed by atoms with Crippen LogP contribution >= 0.6 is 0 Å². The molecule has 0 aliphatic carbocycles. The molecule has 0 amide bonds. The van der Waals surface area contributed by atoms with Crippen LogP contribution in [0.2, 0.25) is 0 Å². The van der Waals surface area contributed by atoms with E-state index in [0.29, 0.717) is 18.0 Å². The fourth-order valence-electron chi connectivity index (χ4n) is 2.27. The zero-order valence-corrected chi connectivity index (χ0v) is 10.6. The quantitative estimate of drug-likeness (QED) is 0.842. The number of hydrogen-bond acceptors (Lipinski definition) is 2. The zero-order chi connectivity index (χ0) is 11.7. The maximum atomic E-state index is 5.43. The Morgan fingerprint density at radius 3 is 2.56 bits per heavy atom. The van der Waals surface area contributed by atoms with E-state index in [-0.39, 0.29) is 0 Å². The van der Waals surface area contributed by atoms with Crippen LogP contribution in [0.5, 0.6) is 5.75 Å². The van der Waals surface area contributed by atoms with E-state index in [0.717, 1.165) is 5.75 Å². The molecule has 2 heteroatoms. The fourth-order valence-corrected chi connectivity index (χ4v) is 2.27. The highest BCUT2D eigenvalue weighted by Crippen LogP contribution is 2.35. The molecule has 2 nitrogen and oxygen atoms in total. The number of benzene rings is 1. The second kappa shape index (κ2) is 4.46. The summed E-state index contributed by atoms with van der Waals surface area (Å²) >= 11 is 0. The molecular weight excluding hydrogens is 198 g/mol. The minimum Gasteiger partial charge on any atom is -0.496 e. The Morgan fingerprint density at radius 1 is 1.38 bits per heavy atom. The van der Waals surface area contributed by atoms with E-state index in [2.05, 4.69) is 44.3 Å². The van der Waals surface area contributed by atoms with Crippen molar-refractivity contribution in [3.05, 3.63) is 29.3 Å². The topological polar surface area (TPSA) is 21.3 Å². The molecule has 1 aliphatic heterocycles. The van der Waals surface area contributed by atoms with Crippen LogP contribution in [-0.4, -0.2) is 13.2 Å². The summed E-state index contributed by atoms with van der Waals surface area (Å²) in [6, 6.07) is 7.65. The van der Waals surface area contributed by atoms with Crippen LogP contribution in [0.1, 0.15) is 50.3 Å². The van der Waals surface area contributed by atoms with Crippen molar-refractivity contribution in [3.8, 4) is 5.75 Å². The van der Waals surface area contributed by atoms with E-state index in [1.54, 1.807) is 7.11 Å². The Morgan fingerprint density at radius 2 is 2.06 bits per heavy atom. The molecule has 16 heavy (non-hydrogen) atoms. The SMILES string of the molecule is COc1ccc(C(C)C)cc1C1CC(C)N1. The molecule has 1 fully saturated rings. The molecule has 1 heterocycles. The van der Waals surface area contributed by atoms with Gasteiger partial charge in [-0.25, -0.2) is 0 Å². The molecule has 88 valence electrons. The Bertz CT molecular complexity index is 367. The molecule has 2 atom stereocenters. The lowest BCUT2D eigenvalue weighted by Crippen LogP contribution is -2.43. The Kier molecular flexibility index (Phi) is 3.20. The summed E-state index contributed by atoms with van der Waals surface area (Å²) in [4.78, 5) is 0. The minimum absolute atomic E-state index is 0.476. The zero-order valence-electron chi connectivity index (χ0n) is 10.6. The molecule has 0 radical (unpaired) electrons.